The summed E-state index contributed by atoms with van der Waals surface area (Å²) in [4.78, 5) is 14.6. The molecule has 3 aromatic rings. The van der Waals surface area contributed by atoms with Crippen molar-refractivity contribution in [3.05, 3.63) is 76.9 Å². The second-order valence-corrected chi connectivity index (χ2v) is 6.84. The van der Waals surface area contributed by atoms with Crippen LogP contribution in [0.3, 0.4) is 0 Å². The number of hydrogen-bond donors (Lipinski definition) is 0. The zero-order valence-corrected chi connectivity index (χ0v) is 15.0. The van der Waals surface area contributed by atoms with Crippen LogP contribution in [-0.4, -0.2) is 44.1 Å². The van der Waals surface area contributed by atoms with Gasteiger partial charge in [-0.15, -0.1) is 5.10 Å². The van der Waals surface area contributed by atoms with E-state index in [9.17, 15) is 9.18 Å². The van der Waals surface area contributed by atoms with E-state index in [4.69, 9.17) is 0 Å². The number of aryl methyl sites for hydroxylation is 1. The lowest BCUT2D eigenvalue weighted by atomic mass is 9.98. The number of benzene rings is 2. The number of nitrogens with zero attached hydrogens (tertiary/aromatic N) is 5. The smallest absolute Gasteiger partial charge is 0.253 e. The summed E-state index contributed by atoms with van der Waals surface area (Å²) in [5, 5.41) is 11.4. The van der Waals surface area contributed by atoms with Crippen LogP contribution in [0.15, 0.2) is 48.5 Å². The molecule has 7 heteroatoms. The molecule has 1 aliphatic rings. The summed E-state index contributed by atoms with van der Waals surface area (Å²) < 4.78 is 15.7. The average Bonchev–Trinajstić information content (AvgIpc) is 3.32. The van der Waals surface area contributed by atoms with Crippen LogP contribution >= 0.6 is 0 Å². The molecule has 4 rings (SSSR count). The van der Waals surface area contributed by atoms with Gasteiger partial charge in [-0.1, -0.05) is 30.3 Å². The summed E-state index contributed by atoms with van der Waals surface area (Å²) in [6, 6.07) is 14.3. The normalized spacial score (nSPS) is 16.7. The summed E-state index contributed by atoms with van der Waals surface area (Å²) in [6.45, 7) is 3.60. The number of carbonyl (C=O) groups is 1. The predicted octanol–water partition coefficient (Wildman–Crippen LogP) is 2.80. The van der Waals surface area contributed by atoms with Crippen molar-refractivity contribution in [1.82, 2.24) is 25.1 Å². The molecule has 1 unspecified atom stereocenters. The van der Waals surface area contributed by atoms with Crippen molar-refractivity contribution in [3.8, 4) is 0 Å². The Morgan fingerprint density at radius 3 is 2.67 bits per heavy atom. The van der Waals surface area contributed by atoms with Gasteiger partial charge < -0.3 is 4.90 Å². The monoisotopic (exact) mass is 365 g/mol. The third-order valence-corrected chi connectivity index (χ3v) is 5.06. The van der Waals surface area contributed by atoms with E-state index in [1.807, 2.05) is 43.3 Å². The molecule has 0 radical (unpaired) electrons. The fourth-order valence-corrected chi connectivity index (χ4v) is 3.51. The summed E-state index contributed by atoms with van der Waals surface area (Å²) >= 11 is 0. The van der Waals surface area contributed by atoms with E-state index in [1.165, 1.54) is 6.07 Å². The number of aromatic nitrogens is 4. The van der Waals surface area contributed by atoms with Crippen LogP contribution in [0.4, 0.5) is 4.39 Å². The number of likely N-dealkylation sites (tertiary alicyclic amines) is 1. The van der Waals surface area contributed by atoms with Gasteiger partial charge in [-0.3, -0.25) is 4.79 Å². The summed E-state index contributed by atoms with van der Waals surface area (Å²) in [6.07, 6.45) is 0.781. The van der Waals surface area contributed by atoms with Crippen molar-refractivity contribution in [1.29, 1.82) is 0 Å². The fraction of sp³-hybridized carbons (Fsp3) is 0.300. The first-order valence-corrected chi connectivity index (χ1v) is 8.97. The topological polar surface area (TPSA) is 63.9 Å². The van der Waals surface area contributed by atoms with Gasteiger partial charge in [0.1, 0.15) is 11.6 Å². The van der Waals surface area contributed by atoms with Crippen molar-refractivity contribution < 1.29 is 9.18 Å². The van der Waals surface area contributed by atoms with Crippen LogP contribution in [0.2, 0.25) is 0 Å². The van der Waals surface area contributed by atoms with Crippen LogP contribution in [0.25, 0.3) is 0 Å². The predicted molar refractivity (Wildman–Crippen MR) is 97.8 cm³/mol. The highest BCUT2D eigenvalue weighted by Crippen LogP contribution is 2.29. The molecule has 2 heterocycles. The van der Waals surface area contributed by atoms with Gasteiger partial charge in [0.25, 0.3) is 5.91 Å². The lowest BCUT2D eigenvalue weighted by molar-refractivity contribution is 0.0790. The molecular weight excluding hydrogens is 345 g/mol. The first kappa shape index (κ1) is 17.3. The number of rotatable bonds is 4. The van der Waals surface area contributed by atoms with E-state index in [-0.39, 0.29) is 17.6 Å². The van der Waals surface area contributed by atoms with E-state index >= 15 is 0 Å². The molecule has 1 amide bonds. The molecule has 1 aromatic heterocycles. The van der Waals surface area contributed by atoms with Crippen molar-refractivity contribution in [3.63, 3.8) is 0 Å². The molecule has 1 fully saturated rings. The van der Waals surface area contributed by atoms with Gasteiger partial charge in [-0.25, -0.2) is 9.07 Å². The SMILES string of the molecule is Cc1nnnn1Cc1ccc(C(=O)N2CCC(c3ccccc3F)C2)cc1. The number of amides is 1. The van der Waals surface area contributed by atoms with Gasteiger partial charge in [0.15, 0.2) is 0 Å². The summed E-state index contributed by atoms with van der Waals surface area (Å²) in [7, 11) is 0. The highest BCUT2D eigenvalue weighted by molar-refractivity contribution is 5.94. The quantitative estimate of drug-likeness (QED) is 0.713. The Kier molecular flexibility index (Phi) is 4.66. The Bertz CT molecular complexity index is 953. The minimum absolute atomic E-state index is 0.0148. The first-order valence-electron chi connectivity index (χ1n) is 8.97. The molecule has 0 N–H and O–H groups in total. The maximum atomic E-state index is 14.0. The van der Waals surface area contributed by atoms with Gasteiger partial charge in [-0.05, 0) is 53.1 Å². The second-order valence-electron chi connectivity index (χ2n) is 6.84. The maximum absolute atomic E-state index is 14.0. The lowest BCUT2D eigenvalue weighted by Gasteiger charge is -2.17. The third kappa shape index (κ3) is 3.58. The largest absolute Gasteiger partial charge is 0.338 e. The van der Waals surface area contributed by atoms with Crippen LogP contribution < -0.4 is 0 Å². The number of hydrogen-bond acceptors (Lipinski definition) is 4. The van der Waals surface area contributed by atoms with E-state index in [1.54, 1.807) is 15.6 Å². The summed E-state index contributed by atoms with van der Waals surface area (Å²) in [5.41, 5.74) is 2.36. The maximum Gasteiger partial charge on any atom is 0.253 e. The molecule has 1 aliphatic heterocycles. The van der Waals surface area contributed by atoms with Crippen molar-refractivity contribution in [2.24, 2.45) is 0 Å². The first-order chi connectivity index (χ1) is 13.1. The van der Waals surface area contributed by atoms with Gasteiger partial charge in [0.05, 0.1) is 6.54 Å². The van der Waals surface area contributed by atoms with Gasteiger partial charge >= 0.3 is 0 Å². The third-order valence-electron chi connectivity index (χ3n) is 5.06. The van der Waals surface area contributed by atoms with Gasteiger partial charge in [-0.2, -0.15) is 0 Å². The Balaban J connectivity index is 1.43. The molecule has 0 saturated carbocycles. The van der Waals surface area contributed by atoms with Crippen LogP contribution in [0, 0.1) is 12.7 Å². The highest BCUT2D eigenvalue weighted by atomic mass is 19.1. The minimum Gasteiger partial charge on any atom is -0.338 e. The van der Waals surface area contributed by atoms with Crippen molar-refractivity contribution in [2.75, 3.05) is 13.1 Å². The molecule has 2 aromatic carbocycles. The molecule has 138 valence electrons. The average molecular weight is 365 g/mol. The van der Waals surface area contributed by atoms with Crippen molar-refractivity contribution >= 4 is 5.91 Å². The second kappa shape index (κ2) is 7.26. The standard InChI is InChI=1S/C20H20FN5O/c1-14-22-23-24-26(14)12-15-6-8-16(9-7-15)20(27)25-11-10-17(13-25)18-4-2-3-5-19(18)21/h2-9,17H,10-13H2,1H3. The molecule has 0 bridgehead atoms. The Hall–Kier alpha value is -3.09. The highest BCUT2D eigenvalue weighted by Gasteiger charge is 2.29. The molecule has 6 nitrogen and oxygen atoms in total. The molecular formula is C20H20FN5O. The molecule has 0 spiro atoms. The lowest BCUT2D eigenvalue weighted by Crippen LogP contribution is -2.28. The number of halogens is 1. The van der Waals surface area contributed by atoms with Gasteiger partial charge in [0.2, 0.25) is 0 Å². The zero-order chi connectivity index (χ0) is 18.8. The van der Waals surface area contributed by atoms with Crippen molar-refractivity contribution in [2.45, 2.75) is 25.8 Å². The van der Waals surface area contributed by atoms with E-state index in [0.717, 1.165) is 17.8 Å². The van der Waals surface area contributed by atoms with Gasteiger partial charge in [0, 0.05) is 24.6 Å². The van der Waals surface area contributed by atoms with Crippen LogP contribution in [0.1, 0.15) is 39.6 Å². The minimum atomic E-state index is -0.195. The Labute approximate surface area is 156 Å². The summed E-state index contributed by atoms with van der Waals surface area (Å²) in [5.74, 6) is 0.585. The fourth-order valence-electron chi connectivity index (χ4n) is 3.51. The molecule has 27 heavy (non-hydrogen) atoms. The zero-order valence-electron chi connectivity index (χ0n) is 15.0. The van der Waals surface area contributed by atoms with Crippen LogP contribution in [0.5, 0.6) is 0 Å². The molecule has 0 aliphatic carbocycles. The van der Waals surface area contributed by atoms with E-state index < -0.39 is 0 Å². The molecule has 1 atom stereocenters. The Morgan fingerprint density at radius 1 is 1.19 bits per heavy atom. The Morgan fingerprint density at radius 2 is 1.96 bits per heavy atom. The number of tetrazole rings is 1. The molecule has 1 saturated heterocycles. The number of carbonyl (C=O) groups excluding carboxylic acids is 1. The van der Waals surface area contributed by atoms with E-state index in [2.05, 4.69) is 15.5 Å². The van der Waals surface area contributed by atoms with Crippen LogP contribution in [-0.2, 0) is 6.54 Å². The van der Waals surface area contributed by atoms with E-state index in [0.29, 0.717) is 30.8 Å².